The number of carboxylic acids is 1. The van der Waals surface area contributed by atoms with Gasteiger partial charge in [-0.1, -0.05) is 12.1 Å². The lowest BCUT2D eigenvalue weighted by atomic mass is 10.2. The number of nitro benzene ring substituents is 1. The van der Waals surface area contributed by atoms with Gasteiger partial charge in [0.1, 0.15) is 5.60 Å². The molecule has 134 valence electrons. The number of nitrogens with two attached hydrogens (primary N) is 1. The first-order valence-electron chi connectivity index (χ1n) is 7.01. The van der Waals surface area contributed by atoms with E-state index >= 15 is 0 Å². The van der Waals surface area contributed by atoms with Crippen molar-refractivity contribution in [1.29, 1.82) is 0 Å². The third-order valence-corrected chi connectivity index (χ3v) is 2.36. The molecule has 9 heteroatoms. The minimum atomic E-state index is -1.00. The molecule has 0 aromatic heterocycles. The Hall–Kier alpha value is -2.84. The van der Waals surface area contributed by atoms with Crippen molar-refractivity contribution in [2.24, 2.45) is 5.73 Å². The number of primary amides is 1. The zero-order valence-corrected chi connectivity index (χ0v) is 14.1. The summed E-state index contributed by atoms with van der Waals surface area (Å²) in [4.78, 5) is 30.4. The van der Waals surface area contributed by atoms with Crippen LogP contribution in [0.15, 0.2) is 18.2 Å². The number of aryl methyl sites for hydroxylation is 1. The summed E-state index contributed by atoms with van der Waals surface area (Å²) in [5.41, 5.74) is 4.73. The van der Waals surface area contributed by atoms with E-state index in [1.165, 1.54) is 6.07 Å². The number of nitro groups is 1. The molecule has 0 atom stereocenters. The van der Waals surface area contributed by atoms with Crippen LogP contribution < -0.4 is 10.5 Å². The predicted octanol–water partition coefficient (Wildman–Crippen LogP) is 2.64. The van der Waals surface area contributed by atoms with Gasteiger partial charge in [-0.05, 0) is 33.3 Å². The number of nitrogens with zero attached hydrogens (tertiary/aromatic N) is 1. The first-order chi connectivity index (χ1) is 10.9. The van der Waals surface area contributed by atoms with Crippen molar-refractivity contribution in [2.45, 2.75) is 39.7 Å². The molecular formula is C15H22N2O7. The SMILES string of the molecule is CC(C)(C)OC(N)=O.Cc1cccc([N+](=O)[O-])c1OCCC(=O)O. The second-order valence-electron chi connectivity index (χ2n) is 5.71. The Bertz CT molecular complexity index is 594. The summed E-state index contributed by atoms with van der Waals surface area (Å²) >= 11 is 0. The number of amides is 1. The molecule has 0 aliphatic heterocycles. The van der Waals surface area contributed by atoms with Crippen LogP contribution in [0, 0.1) is 17.0 Å². The lowest BCUT2D eigenvalue weighted by Crippen LogP contribution is -2.27. The Morgan fingerprint density at radius 1 is 1.33 bits per heavy atom. The van der Waals surface area contributed by atoms with E-state index in [9.17, 15) is 19.7 Å². The number of aliphatic carboxylic acids is 1. The molecule has 9 nitrogen and oxygen atoms in total. The van der Waals surface area contributed by atoms with Crippen LogP contribution in [-0.4, -0.2) is 34.3 Å². The summed E-state index contributed by atoms with van der Waals surface area (Å²) < 4.78 is 9.69. The molecule has 0 saturated heterocycles. The summed E-state index contributed by atoms with van der Waals surface area (Å²) in [5.74, 6) is -0.870. The topological polar surface area (TPSA) is 142 Å². The van der Waals surface area contributed by atoms with E-state index in [2.05, 4.69) is 4.74 Å². The van der Waals surface area contributed by atoms with E-state index in [-0.39, 0.29) is 24.5 Å². The molecule has 1 amide bonds. The molecule has 0 heterocycles. The Morgan fingerprint density at radius 3 is 2.29 bits per heavy atom. The summed E-state index contributed by atoms with van der Waals surface area (Å²) in [6.45, 7) is 6.87. The van der Waals surface area contributed by atoms with Crippen LogP contribution in [0.1, 0.15) is 32.8 Å². The first-order valence-corrected chi connectivity index (χ1v) is 7.01. The van der Waals surface area contributed by atoms with Crippen molar-refractivity contribution in [3.05, 3.63) is 33.9 Å². The number of hydrogen-bond acceptors (Lipinski definition) is 6. The van der Waals surface area contributed by atoms with Gasteiger partial charge in [0.25, 0.3) is 0 Å². The minimum Gasteiger partial charge on any atom is -0.486 e. The maximum Gasteiger partial charge on any atom is 0.405 e. The van der Waals surface area contributed by atoms with Gasteiger partial charge in [0, 0.05) is 6.07 Å². The molecule has 0 saturated carbocycles. The van der Waals surface area contributed by atoms with Gasteiger partial charge in [0.15, 0.2) is 5.75 Å². The highest BCUT2D eigenvalue weighted by molar-refractivity contribution is 5.66. The van der Waals surface area contributed by atoms with Gasteiger partial charge in [-0.25, -0.2) is 4.79 Å². The van der Waals surface area contributed by atoms with Crippen LogP contribution in [-0.2, 0) is 9.53 Å². The van der Waals surface area contributed by atoms with Crippen LogP contribution in [0.5, 0.6) is 5.75 Å². The summed E-state index contributed by atoms with van der Waals surface area (Å²) in [6.07, 6.45) is -0.914. The van der Waals surface area contributed by atoms with Gasteiger partial charge >= 0.3 is 17.7 Å². The van der Waals surface area contributed by atoms with E-state index < -0.39 is 22.6 Å². The molecule has 0 unspecified atom stereocenters. The normalized spacial score (nSPS) is 10.2. The average Bonchev–Trinajstić information content (AvgIpc) is 2.37. The zero-order chi connectivity index (χ0) is 18.9. The zero-order valence-electron chi connectivity index (χ0n) is 14.1. The van der Waals surface area contributed by atoms with E-state index in [4.69, 9.17) is 15.6 Å². The number of ether oxygens (including phenoxy) is 2. The Balaban J connectivity index is 0.000000561. The van der Waals surface area contributed by atoms with Crippen LogP contribution in [0.3, 0.4) is 0 Å². The van der Waals surface area contributed by atoms with Crippen LogP contribution in [0.4, 0.5) is 10.5 Å². The first kappa shape index (κ1) is 21.2. The smallest absolute Gasteiger partial charge is 0.405 e. The number of para-hydroxylation sites is 1. The van der Waals surface area contributed by atoms with E-state index in [0.717, 1.165) is 0 Å². The van der Waals surface area contributed by atoms with Gasteiger partial charge in [-0.15, -0.1) is 0 Å². The van der Waals surface area contributed by atoms with Gasteiger partial charge in [0.05, 0.1) is 18.0 Å². The highest BCUT2D eigenvalue weighted by atomic mass is 16.6. The van der Waals surface area contributed by atoms with Crippen molar-refractivity contribution < 1.29 is 29.1 Å². The fourth-order valence-corrected chi connectivity index (χ4v) is 1.51. The molecule has 0 aliphatic carbocycles. The largest absolute Gasteiger partial charge is 0.486 e. The van der Waals surface area contributed by atoms with Gasteiger partial charge in [-0.2, -0.15) is 0 Å². The number of benzene rings is 1. The Kier molecular flexibility index (Phi) is 8.23. The number of rotatable bonds is 5. The maximum atomic E-state index is 10.7. The van der Waals surface area contributed by atoms with Crippen LogP contribution >= 0.6 is 0 Å². The van der Waals surface area contributed by atoms with Crippen LogP contribution in [0.25, 0.3) is 0 Å². The number of hydrogen-bond donors (Lipinski definition) is 2. The number of carbonyl (C=O) groups excluding carboxylic acids is 1. The van der Waals surface area contributed by atoms with Crippen molar-refractivity contribution in [1.82, 2.24) is 0 Å². The fourth-order valence-electron chi connectivity index (χ4n) is 1.51. The van der Waals surface area contributed by atoms with Gasteiger partial charge in [0.2, 0.25) is 0 Å². The molecule has 0 aliphatic rings. The molecule has 1 rings (SSSR count). The van der Waals surface area contributed by atoms with Crippen molar-refractivity contribution >= 4 is 17.7 Å². The third kappa shape index (κ3) is 9.23. The molecule has 0 radical (unpaired) electrons. The molecule has 3 N–H and O–H groups in total. The van der Waals surface area contributed by atoms with E-state index in [1.54, 1.807) is 39.8 Å². The molecule has 24 heavy (non-hydrogen) atoms. The summed E-state index contributed by atoms with van der Waals surface area (Å²) in [6, 6.07) is 4.55. The highest BCUT2D eigenvalue weighted by Crippen LogP contribution is 2.30. The minimum absolute atomic E-state index is 0.0823. The summed E-state index contributed by atoms with van der Waals surface area (Å²) in [7, 11) is 0. The second-order valence-corrected chi connectivity index (χ2v) is 5.71. The highest BCUT2D eigenvalue weighted by Gasteiger charge is 2.17. The maximum absolute atomic E-state index is 10.7. The fraction of sp³-hybridized carbons (Fsp3) is 0.467. The quantitative estimate of drug-likeness (QED) is 0.618. The second kappa shape index (κ2) is 9.33. The van der Waals surface area contributed by atoms with E-state index in [0.29, 0.717) is 5.56 Å². The van der Waals surface area contributed by atoms with Crippen molar-refractivity contribution in [3.63, 3.8) is 0 Å². The third-order valence-electron chi connectivity index (χ3n) is 2.36. The monoisotopic (exact) mass is 342 g/mol. The van der Waals surface area contributed by atoms with E-state index in [1.807, 2.05) is 0 Å². The molecular weight excluding hydrogens is 320 g/mol. The molecule has 0 spiro atoms. The van der Waals surface area contributed by atoms with Gasteiger partial charge < -0.3 is 20.3 Å². The van der Waals surface area contributed by atoms with Crippen molar-refractivity contribution in [2.75, 3.05) is 6.61 Å². The average molecular weight is 342 g/mol. The lowest BCUT2D eigenvalue weighted by Gasteiger charge is -2.16. The van der Waals surface area contributed by atoms with Gasteiger partial charge in [-0.3, -0.25) is 14.9 Å². The Labute approximate surface area is 139 Å². The molecule has 1 aromatic carbocycles. The number of carbonyl (C=O) groups is 2. The lowest BCUT2D eigenvalue weighted by molar-refractivity contribution is -0.385. The summed E-state index contributed by atoms with van der Waals surface area (Å²) in [5, 5.41) is 19.1. The van der Waals surface area contributed by atoms with Crippen molar-refractivity contribution in [3.8, 4) is 5.75 Å². The van der Waals surface area contributed by atoms with Crippen LogP contribution in [0.2, 0.25) is 0 Å². The number of carboxylic acid groups (broad SMARTS) is 1. The molecule has 1 aromatic rings. The predicted molar refractivity (Wildman–Crippen MR) is 86.0 cm³/mol. The standard InChI is InChI=1S/C10H11NO5.C5H11NO2/c1-7-3-2-4-8(11(14)15)10(7)16-6-5-9(12)13;1-5(2,3)8-4(6)7/h2-4H,5-6H2,1H3,(H,12,13);1-3H3,(H2,6,7). The Morgan fingerprint density at radius 2 is 1.92 bits per heavy atom. The molecule has 0 fully saturated rings. The molecule has 0 bridgehead atoms.